The van der Waals surface area contributed by atoms with Gasteiger partial charge >= 0.3 is 0 Å². The highest BCUT2D eigenvalue weighted by Crippen LogP contribution is 2.15. The number of amides is 1. The van der Waals surface area contributed by atoms with Crippen LogP contribution in [0.3, 0.4) is 0 Å². The van der Waals surface area contributed by atoms with Gasteiger partial charge in [-0.2, -0.15) is 5.10 Å². The van der Waals surface area contributed by atoms with E-state index in [4.69, 9.17) is 4.42 Å². The molecule has 0 aliphatic rings. The molecule has 0 aromatic carbocycles. The van der Waals surface area contributed by atoms with Crippen LogP contribution in [0.25, 0.3) is 17.5 Å². The zero-order valence-corrected chi connectivity index (χ0v) is 12.6. The second kappa shape index (κ2) is 6.74. The first-order valence-corrected chi connectivity index (χ1v) is 7.16. The summed E-state index contributed by atoms with van der Waals surface area (Å²) in [5, 5.41) is 7.23. The van der Waals surface area contributed by atoms with E-state index in [1.54, 1.807) is 35.4 Å². The van der Waals surface area contributed by atoms with Gasteiger partial charge in [0.1, 0.15) is 11.5 Å². The molecule has 0 fully saturated rings. The Morgan fingerprint density at radius 3 is 2.96 bits per heavy atom. The number of nitrogens with one attached hydrogen (secondary N) is 1. The van der Waals surface area contributed by atoms with E-state index in [9.17, 15) is 4.79 Å². The highest BCUT2D eigenvalue weighted by atomic mass is 16.3. The third-order valence-corrected chi connectivity index (χ3v) is 3.29. The molecule has 6 heteroatoms. The maximum Gasteiger partial charge on any atom is 0.244 e. The summed E-state index contributed by atoms with van der Waals surface area (Å²) in [6.45, 7) is 0.387. The average Bonchev–Trinajstić information content (AvgIpc) is 3.21. The fourth-order valence-corrected chi connectivity index (χ4v) is 2.09. The van der Waals surface area contributed by atoms with Crippen molar-refractivity contribution in [3.63, 3.8) is 0 Å². The lowest BCUT2D eigenvalue weighted by molar-refractivity contribution is -0.116. The molecule has 23 heavy (non-hydrogen) atoms. The SMILES string of the molecule is Cn1nc(-c2ccccn2)cc1CNC(=O)C=Cc1ccco1. The van der Waals surface area contributed by atoms with Gasteiger partial charge in [0.05, 0.1) is 24.2 Å². The average molecular weight is 308 g/mol. The normalized spacial score (nSPS) is 11.0. The molecule has 0 atom stereocenters. The summed E-state index contributed by atoms with van der Waals surface area (Å²) in [6.07, 6.45) is 6.35. The minimum absolute atomic E-state index is 0.193. The van der Waals surface area contributed by atoms with Gasteiger partial charge in [0.15, 0.2) is 0 Å². The number of pyridine rings is 1. The van der Waals surface area contributed by atoms with E-state index in [2.05, 4.69) is 15.4 Å². The number of aryl methyl sites for hydroxylation is 1. The van der Waals surface area contributed by atoms with Crippen LogP contribution in [0.4, 0.5) is 0 Å². The van der Waals surface area contributed by atoms with Crippen molar-refractivity contribution in [2.45, 2.75) is 6.54 Å². The molecule has 0 unspecified atom stereocenters. The second-order valence-electron chi connectivity index (χ2n) is 4.93. The standard InChI is InChI=1S/C17H16N4O2/c1-21-13(11-16(20-21)15-6-2-3-9-18-15)12-19-17(22)8-7-14-5-4-10-23-14/h2-11H,12H2,1H3,(H,19,22). The topological polar surface area (TPSA) is 73.0 Å². The van der Waals surface area contributed by atoms with Gasteiger partial charge < -0.3 is 9.73 Å². The molecule has 0 saturated carbocycles. The van der Waals surface area contributed by atoms with Gasteiger partial charge in [-0.1, -0.05) is 6.07 Å². The Labute approximate surface area is 133 Å². The Kier molecular flexibility index (Phi) is 4.33. The molecule has 0 bridgehead atoms. The minimum atomic E-state index is -0.193. The minimum Gasteiger partial charge on any atom is -0.465 e. The predicted octanol–water partition coefficient (Wildman–Crippen LogP) is 2.40. The first kappa shape index (κ1) is 14.8. The fourth-order valence-electron chi connectivity index (χ4n) is 2.09. The van der Waals surface area contributed by atoms with Gasteiger partial charge in [-0.05, 0) is 36.4 Å². The van der Waals surface area contributed by atoms with Crippen LogP contribution >= 0.6 is 0 Å². The maximum atomic E-state index is 11.8. The molecule has 3 rings (SSSR count). The molecular weight excluding hydrogens is 292 g/mol. The van der Waals surface area contributed by atoms with Crippen molar-refractivity contribution in [3.05, 3.63) is 66.4 Å². The Balaban J connectivity index is 1.62. The van der Waals surface area contributed by atoms with Gasteiger partial charge in [-0.15, -0.1) is 0 Å². The second-order valence-corrected chi connectivity index (χ2v) is 4.93. The fraction of sp³-hybridized carbons (Fsp3) is 0.118. The van der Waals surface area contributed by atoms with Gasteiger partial charge in [-0.3, -0.25) is 14.5 Å². The molecular formula is C17H16N4O2. The first-order chi connectivity index (χ1) is 11.2. The molecule has 0 radical (unpaired) electrons. The number of hydrogen-bond acceptors (Lipinski definition) is 4. The van der Waals surface area contributed by atoms with Gasteiger partial charge in [0.25, 0.3) is 0 Å². The monoisotopic (exact) mass is 308 g/mol. The molecule has 0 aliphatic heterocycles. The predicted molar refractivity (Wildman–Crippen MR) is 86.0 cm³/mol. The molecule has 116 valence electrons. The molecule has 0 spiro atoms. The zero-order valence-electron chi connectivity index (χ0n) is 12.6. The summed E-state index contributed by atoms with van der Waals surface area (Å²) in [5.74, 6) is 0.445. The molecule has 1 N–H and O–H groups in total. The summed E-state index contributed by atoms with van der Waals surface area (Å²) >= 11 is 0. The number of nitrogens with zero attached hydrogens (tertiary/aromatic N) is 3. The highest BCUT2D eigenvalue weighted by molar-refractivity contribution is 5.91. The van der Waals surface area contributed by atoms with Crippen LogP contribution in [-0.4, -0.2) is 20.7 Å². The van der Waals surface area contributed by atoms with Crippen LogP contribution in [0.1, 0.15) is 11.5 Å². The molecule has 3 heterocycles. The van der Waals surface area contributed by atoms with E-state index in [0.29, 0.717) is 12.3 Å². The lowest BCUT2D eigenvalue weighted by atomic mass is 10.2. The Hall–Kier alpha value is -3.15. The van der Waals surface area contributed by atoms with Crippen molar-refractivity contribution in [1.29, 1.82) is 0 Å². The van der Waals surface area contributed by atoms with E-state index in [0.717, 1.165) is 17.1 Å². The van der Waals surface area contributed by atoms with Gasteiger partial charge in [0, 0.05) is 19.3 Å². The molecule has 3 aromatic rings. The van der Waals surface area contributed by atoms with Crippen molar-refractivity contribution < 1.29 is 9.21 Å². The maximum absolute atomic E-state index is 11.8. The Bertz CT molecular complexity index is 805. The number of carbonyl (C=O) groups is 1. The third-order valence-electron chi connectivity index (χ3n) is 3.29. The molecule has 0 saturated heterocycles. The van der Waals surface area contributed by atoms with E-state index in [-0.39, 0.29) is 5.91 Å². The number of rotatable bonds is 5. The number of aromatic nitrogens is 3. The van der Waals surface area contributed by atoms with Crippen LogP contribution in [0, 0.1) is 0 Å². The lowest BCUT2D eigenvalue weighted by Gasteiger charge is -2.02. The summed E-state index contributed by atoms with van der Waals surface area (Å²) < 4.78 is 6.87. The highest BCUT2D eigenvalue weighted by Gasteiger charge is 2.08. The lowest BCUT2D eigenvalue weighted by Crippen LogP contribution is -2.21. The van der Waals surface area contributed by atoms with E-state index < -0.39 is 0 Å². The van der Waals surface area contributed by atoms with Crippen LogP contribution < -0.4 is 5.32 Å². The number of furan rings is 1. The van der Waals surface area contributed by atoms with Crippen LogP contribution in [0.2, 0.25) is 0 Å². The molecule has 1 amide bonds. The van der Waals surface area contributed by atoms with Crippen molar-refractivity contribution in [2.75, 3.05) is 0 Å². The Morgan fingerprint density at radius 1 is 1.30 bits per heavy atom. The molecule has 0 aliphatic carbocycles. The van der Waals surface area contributed by atoms with Gasteiger partial charge in [-0.25, -0.2) is 0 Å². The number of carbonyl (C=O) groups excluding carboxylic acids is 1. The largest absolute Gasteiger partial charge is 0.465 e. The smallest absolute Gasteiger partial charge is 0.244 e. The van der Waals surface area contributed by atoms with E-state index >= 15 is 0 Å². The van der Waals surface area contributed by atoms with E-state index in [1.807, 2.05) is 31.3 Å². The van der Waals surface area contributed by atoms with Gasteiger partial charge in [0.2, 0.25) is 5.91 Å². The summed E-state index contributed by atoms with van der Waals surface area (Å²) in [5.41, 5.74) is 2.48. The zero-order chi connectivity index (χ0) is 16.1. The van der Waals surface area contributed by atoms with Crippen molar-refractivity contribution in [2.24, 2.45) is 7.05 Å². The Morgan fingerprint density at radius 2 is 2.22 bits per heavy atom. The number of hydrogen-bond donors (Lipinski definition) is 1. The third kappa shape index (κ3) is 3.74. The van der Waals surface area contributed by atoms with Crippen molar-refractivity contribution in [3.8, 4) is 11.4 Å². The van der Waals surface area contributed by atoms with Crippen molar-refractivity contribution in [1.82, 2.24) is 20.1 Å². The van der Waals surface area contributed by atoms with Crippen LogP contribution in [-0.2, 0) is 18.4 Å². The van der Waals surface area contributed by atoms with Crippen LogP contribution in [0.5, 0.6) is 0 Å². The quantitative estimate of drug-likeness (QED) is 0.735. The van der Waals surface area contributed by atoms with E-state index in [1.165, 1.54) is 6.08 Å². The van der Waals surface area contributed by atoms with Crippen LogP contribution in [0.15, 0.2) is 59.4 Å². The summed E-state index contributed by atoms with van der Waals surface area (Å²) in [4.78, 5) is 16.1. The van der Waals surface area contributed by atoms with Crippen molar-refractivity contribution >= 4 is 12.0 Å². The molecule has 3 aromatic heterocycles. The molecule has 6 nitrogen and oxygen atoms in total. The first-order valence-electron chi connectivity index (χ1n) is 7.16. The summed E-state index contributed by atoms with van der Waals surface area (Å²) in [7, 11) is 1.84. The summed E-state index contributed by atoms with van der Waals surface area (Å²) in [6, 6.07) is 11.1.